The molecule has 1 aliphatic rings. The van der Waals surface area contributed by atoms with Crippen LogP contribution in [0.4, 0.5) is 10.5 Å². The normalized spacial score (nSPS) is 21.8. The van der Waals surface area contributed by atoms with Crippen LogP contribution in [0, 0.1) is 5.92 Å². The fraction of sp³-hybridized carbons (Fsp3) is 0.556. The van der Waals surface area contributed by atoms with E-state index in [2.05, 4.69) is 16.0 Å². The van der Waals surface area contributed by atoms with Crippen molar-refractivity contribution < 1.29 is 14.7 Å². The Labute approximate surface area is 143 Å². The van der Waals surface area contributed by atoms with E-state index in [1.807, 2.05) is 32.0 Å². The zero-order valence-corrected chi connectivity index (χ0v) is 14.3. The van der Waals surface area contributed by atoms with E-state index in [0.29, 0.717) is 18.5 Å². The molecule has 1 saturated carbocycles. The Morgan fingerprint density at radius 1 is 1.08 bits per heavy atom. The number of carbonyl (C=O) groups excluding carboxylic acids is 2. The van der Waals surface area contributed by atoms with Gasteiger partial charge < -0.3 is 21.1 Å². The van der Waals surface area contributed by atoms with E-state index in [9.17, 15) is 14.7 Å². The van der Waals surface area contributed by atoms with Gasteiger partial charge in [-0.15, -0.1) is 0 Å². The molecule has 132 valence electrons. The monoisotopic (exact) mass is 333 g/mol. The van der Waals surface area contributed by atoms with Gasteiger partial charge in [0, 0.05) is 11.7 Å². The van der Waals surface area contributed by atoms with Crippen molar-refractivity contribution in [2.75, 3.05) is 5.32 Å². The van der Waals surface area contributed by atoms with Crippen LogP contribution in [0.3, 0.4) is 0 Å². The first-order valence-corrected chi connectivity index (χ1v) is 8.56. The van der Waals surface area contributed by atoms with Gasteiger partial charge in [-0.25, -0.2) is 4.79 Å². The summed E-state index contributed by atoms with van der Waals surface area (Å²) in [5.74, 6) is -0.199. The maximum Gasteiger partial charge on any atom is 0.319 e. The first-order valence-electron chi connectivity index (χ1n) is 8.56. The summed E-state index contributed by atoms with van der Waals surface area (Å²) >= 11 is 0. The van der Waals surface area contributed by atoms with E-state index in [1.165, 1.54) is 0 Å². The quantitative estimate of drug-likeness (QED) is 0.666. The number of aliphatic hydroxyl groups is 1. The highest BCUT2D eigenvalue weighted by Gasteiger charge is 2.28. The standard InChI is InChI=1S/C18H27N3O3/c1-12(2)16(17(23)19-14-8-10-15(22)11-9-14)21-18(24)20-13-6-4-3-5-7-13/h3-7,12,14-16,22H,8-11H2,1-2H3,(H,19,23)(H2,20,21,24)/t14?,15?,16-/m1/s1. The lowest BCUT2D eigenvalue weighted by atomic mass is 9.92. The molecule has 6 nitrogen and oxygen atoms in total. The molecule has 0 aromatic heterocycles. The summed E-state index contributed by atoms with van der Waals surface area (Å²) in [5.41, 5.74) is 0.680. The number of hydrogen-bond donors (Lipinski definition) is 4. The zero-order chi connectivity index (χ0) is 17.5. The number of carbonyl (C=O) groups is 2. The van der Waals surface area contributed by atoms with E-state index in [-0.39, 0.29) is 24.0 Å². The van der Waals surface area contributed by atoms with Crippen molar-refractivity contribution in [2.24, 2.45) is 5.92 Å². The Kier molecular flexibility index (Phi) is 6.61. The average Bonchev–Trinajstić information content (AvgIpc) is 2.55. The van der Waals surface area contributed by atoms with Crippen molar-refractivity contribution >= 4 is 17.6 Å². The molecule has 4 N–H and O–H groups in total. The Hall–Kier alpha value is -2.08. The predicted octanol–water partition coefficient (Wildman–Crippen LogP) is 2.25. The van der Waals surface area contributed by atoms with Crippen LogP contribution >= 0.6 is 0 Å². The Morgan fingerprint density at radius 2 is 1.71 bits per heavy atom. The van der Waals surface area contributed by atoms with E-state index in [4.69, 9.17) is 0 Å². The Balaban J connectivity index is 1.88. The summed E-state index contributed by atoms with van der Waals surface area (Å²) in [6.45, 7) is 3.80. The van der Waals surface area contributed by atoms with E-state index < -0.39 is 12.1 Å². The van der Waals surface area contributed by atoms with Gasteiger partial charge in [0.15, 0.2) is 0 Å². The molecular weight excluding hydrogens is 306 g/mol. The van der Waals surface area contributed by atoms with E-state index in [0.717, 1.165) is 12.8 Å². The fourth-order valence-corrected chi connectivity index (χ4v) is 2.88. The van der Waals surface area contributed by atoms with Crippen LogP contribution in [0.2, 0.25) is 0 Å². The number of nitrogens with one attached hydrogen (secondary N) is 3. The Bertz CT molecular complexity index is 540. The third-order valence-corrected chi connectivity index (χ3v) is 4.31. The van der Waals surface area contributed by atoms with Gasteiger partial charge in [-0.1, -0.05) is 32.0 Å². The highest BCUT2D eigenvalue weighted by molar-refractivity contribution is 5.93. The molecule has 3 amide bonds. The van der Waals surface area contributed by atoms with Crippen LogP contribution in [0.1, 0.15) is 39.5 Å². The lowest BCUT2D eigenvalue weighted by Crippen LogP contribution is -2.53. The van der Waals surface area contributed by atoms with Crippen LogP contribution < -0.4 is 16.0 Å². The molecule has 0 heterocycles. The molecule has 0 saturated heterocycles. The van der Waals surface area contributed by atoms with Crippen LogP contribution in [-0.2, 0) is 4.79 Å². The van der Waals surface area contributed by atoms with Crippen molar-refractivity contribution in [1.82, 2.24) is 10.6 Å². The number of amides is 3. The second-order valence-electron chi connectivity index (χ2n) is 6.70. The minimum Gasteiger partial charge on any atom is -0.393 e. The van der Waals surface area contributed by atoms with Gasteiger partial charge >= 0.3 is 6.03 Å². The highest BCUT2D eigenvalue weighted by Crippen LogP contribution is 2.18. The molecule has 0 radical (unpaired) electrons. The number of rotatable bonds is 5. The molecule has 1 aliphatic carbocycles. The molecule has 0 spiro atoms. The topological polar surface area (TPSA) is 90.5 Å². The van der Waals surface area contributed by atoms with Crippen LogP contribution in [0.5, 0.6) is 0 Å². The third kappa shape index (κ3) is 5.53. The van der Waals surface area contributed by atoms with Crippen LogP contribution in [0.25, 0.3) is 0 Å². The second kappa shape index (κ2) is 8.68. The summed E-state index contributed by atoms with van der Waals surface area (Å²) < 4.78 is 0. The van der Waals surface area contributed by atoms with E-state index in [1.54, 1.807) is 12.1 Å². The molecule has 0 aliphatic heterocycles. The maximum atomic E-state index is 12.5. The number of hydrogen-bond acceptors (Lipinski definition) is 3. The first-order chi connectivity index (χ1) is 11.5. The number of anilines is 1. The van der Waals surface area contributed by atoms with Crippen molar-refractivity contribution in [3.8, 4) is 0 Å². The summed E-state index contributed by atoms with van der Waals surface area (Å²) in [5, 5.41) is 18.0. The largest absolute Gasteiger partial charge is 0.393 e. The average molecular weight is 333 g/mol. The second-order valence-corrected chi connectivity index (χ2v) is 6.70. The number of urea groups is 1. The van der Waals surface area contributed by atoms with Gasteiger partial charge in [0.1, 0.15) is 6.04 Å². The predicted molar refractivity (Wildman–Crippen MR) is 93.6 cm³/mol. The van der Waals surface area contributed by atoms with Crippen LogP contribution in [-0.4, -0.2) is 35.2 Å². The van der Waals surface area contributed by atoms with Gasteiger partial charge in [0.2, 0.25) is 5.91 Å². The first kappa shape index (κ1) is 18.3. The maximum absolute atomic E-state index is 12.5. The van der Waals surface area contributed by atoms with Crippen LogP contribution in [0.15, 0.2) is 30.3 Å². The van der Waals surface area contributed by atoms with Gasteiger partial charge in [-0.3, -0.25) is 4.79 Å². The fourth-order valence-electron chi connectivity index (χ4n) is 2.88. The minimum absolute atomic E-state index is 0.0271. The summed E-state index contributed by atoms with van der Waals surface area (Å²) in [6, 6.07) is 8.19. The number of aliphatic hydroxyl groups excluding tert-OH is 1. The lowest BCUT2D eigenvalue weighted by Gasteiger charge is -2.29. The smallest absolute Gasteiger partial charge is 0.319 e. The molecule has 1 aromatic rings. The molecule has 1 aromatic carbocycles. The van der Waals surface area contributed by atoms with Crippen molar-refractivity contribution in [3.05, 3.63) is 30.3 Å². The SMILES string of the molecule is CC(C)[C@@H](NC(=O)Nc1ccccc1)C(=O)NC1CCC(O)CC1. The molecule has 0 unspecified atom stereocenters. The number of benzene rings is 1. The Morgan fingerprint density at radius 3 is 2.29 bits per heavy atom. The molecule has 0 bridgehead atoms. The molecule has 1 fully saturated rings. The zero-order valence-electron chi connectivity index (χ0n) is 14.3. The van der Waals surface area contributed by atoms with Gasteiger partial charge in [0.05, 0.1) is 6.10 Å². The molecule has 1 atom stereocenters. The van der Waals surface area contributed by atoms with Crippen molar-refractivity contribution in [1.29, 1.82) is 0 Å². The molecular formula is C18H27N3O3. The third-order valence-electron chi connectivity index (χ3n) is 4.31. The van der Waals surface area contributed by atoms with Gasteiger partial charge in [0.25, 0.3) is 0 Å². The van der Waals surface area contributed by atoms with Crippen molar-refractivity contribution in [3.63, 3.8) is 0 Å². The number of para-hydroxylation sites is 1. The minimum atomic E-state index is -0.597. The van der Waals surface area contributed by atoms with Crippen molar-refractivity contribution in [2.45, 2.75) is 57.7 Å². The van der Waals surface area contributed by atoms with E-state index >= 15 is 0 Å². The highest BCUT2D eigenvalue weighted by atomic mass is 16.3. The van der Waals surface area contributed by atoms with Gasteiger partial charge in [-0.05, 0) is 43.7 Å². The molecule has 24 heavy (non-hydrogen) atoms. The molecule has 6 heteroatoms. The summed E-state index contributed by atoms with van der Waals surface area (Å²) in [6.07, 6.45) is 2.70. The lowest BCUT2D eigenvalue weighted by molar-refractivity contribution is -0.125. The van der Waals surface area contributed by atoms with Gasteiger partial charge in [-0.2, -0.15) is 0 Å². The summed E-state index contributed by atoms with van der Waals surface area (Å²) in [7, 11) is 0. The summed E-state index contributed by atoms with van der Waals surface area (Å²) in [4.78, 5) is 24.6. The molecule has 2 rings (SSSR count).